The molecule has 3 nitrogen and oxygen atoms in total. The normalized spacial score (nSPS) is 11.8. The van der Waals surface area contributed by atoms with Crippen LogP contribution in [-0.4, -0.2) is 22.4 Å². The van der Waals surface area contributed by atoms with Gasteiger partial charge in [0.15, 0.2) is 0 Å². The SMILES string of the molecule is CSC(CCc1cccnc1)C(=O)Nc1ccccc1. The summed E-state index contributed by atoms with van der Waals surface area (Å²) in [6, 6.07) is 13.5. The number of nitrogens with zero attached hydrogens (tertiary/aromatic N) is 1. The van der Waals surface area contributed by atoms with Crippen molar-refractivity contribution >= 4 is 23.4 Å². The molecule has 4 heteroatoms. The first-order chi connectivity index (χ1) is 9.79. The number of hydrogen-bond acceptors (Lipinski definition) is 3. The van der Waals surface area contributed by atoms with Crippen LogP contribution >= 0.6 is 11.8 Å². The molecule has 1 amide bonds. The van der Waals surface area contributed by atoms with E-state index in [9.17, 15) is 4.79 Å². The van der Waals surface area contributed by atoms with Gasteiger partial charge in [0.05, 0.1) is 5.25 Å². The molecular formula is C16H18N2OS. The Bertz CT molecular complexity index is 531. The number of aryl methyl sites for hydroxylation is 1. The molecule has 0 aliphatic rings. The van der Waals surface area contributed by atoms with E-state index in [0.29, 0.717) is 0 Å². The molecule has 2 rings (SSSR count). The van der Waals surface area contributed by atoms with Crippen LogP contribution in [0.5, 0.6) is 0 Å². The number of rotatable bonds is 6. The van der Waals surface area contributed by atoms with Gasteiger partial charge in [0.1, 0.15) is 0 Å². The maximum atomic E-state index is 12.2. The Morgan fingerprint density at radius 1 is 1.25 bits per heavy atom. The van der Waals surface area contributed by atoms with Crippen LogP contribution in [0.4, 0.5) is 5.69 Å². The summed E-state index contributed by atoms with van der Waals surface area (Å²) in [4.78, 5) is 16.3. The number of carbonyl (C=O) groups is 1. The highest BCUT2D eigenvalue weighted by atomic mass is 32.2. The minimum atomic E-state index is -0.0459. The first-order valence-corrected chi connectivity index (χ1v) is 7.86. The van der Waals surface area contributed by atoms with Gasteiger partial charge in [0, 0.05) is 18.1 Å². The highest BCUT2D eigenvalue weighted by Gasteiger charge is 2.17. The third-order valence-electron chi connectivity index (χ3n) is 3.04. The zero-order valence-electron chi connectivity index (χ0n) is 11.5. The van der Waals surface area contributed by atoms with Crippen molar-refractivity contribution in [2.75, 3.05) is 11.6 Å². The molecule has 0 aliphatic heterocycles. The molecule has 1 unspecified atom stereocenters. The van der Waals surface area contributed by atoms with Crippen LogP contribution in [0.2, 0.25) is 0 Å². The second-order valence-electron chi connectivity index (χ2n) is 4.48. The minimum absolute atomic E-state index is 0.0459. The van der Waals surface area contributed by atoms with Crippen molar-refractivity contribution in [2.45, 2.75) is 18.1 Å². The lowest BCUT2D eigenvalue weighted by Gasteiger charge is -2.14. The number of benzene rings is 1. The first kappa shape index (κ1) is 14.6. The lowest BCUT2D eigenvalue weighted by Crippen LogP contribution is -2.25. The van der Waals surface area contributed by atoms with E-state index in [1.54, 1.807) is 18.0 Å². The van der Waals surface area contributed by atoms with Gasteiger partial charge in [-0.2, -0.15) is 11.8 Å². The fraction of sp³-hybridized carbons (Fsp3) is 0.250. The van der Waals surface area contributed by atoms with Crippen molar-refractivity contribution in [3.05, 3.63) is 60.4 Å². The third-order valence-corrected chi connectivity index (χ3v) is 4.06. The van der Waals surface area contributed by atoms with E-state index in [4.69, 9.17) is 0 Å². The van der Waals surface area contributed by atoms with Crippen molar-refractivity contribution in [3.63, 3.8) is 0 Å². The van der Waals surface area contributed by atoms with Crippen LogP contribution in [0.3, 0.4) is 0 Å². The van der Waals surface area contributed by atoms with Gasteiger partial charge in [-0.15, -0.1) is 0 Å². The monoisotopic (exact) mass is 286 g/mol. The van der Waals surface area contributed by atoms with Gasteiger partial charge in [-0.1, -0.05) is 24.3 Å². The van der Waals surface area contributed by atoms with Crippen LogP contribution in [-0.2, 0) is 11.2 Å². The number of amides is 1. The van der Waals surface area contributed by atoms with Crippen LogP contribution < -0.4 is 5.32 Å². The number of pyridine rings is 1. The van der Waals surface area contributed by atoms with Gasteiger partial charge in [-0.25, -0.2) is 0 Å². The van der Waals surface area contributed by atoms with E-state index in [2.05, 4.69) is 10.3 Å². The Balaban J connectivity index is 1.89. The summed E-state index contributed by atoms with van der Waals surface area (Å²) in [6.07, 6.45) is 7.26. The summed E-state index contributed by atoms with van der Waals surface area (Å²) in [6.45, 7) is 0. The van der Waals surface area contributed by atoms with Crippen LogP contribution in [0.1, 0.15) is 12.0 Å². The van der Waals surface area contributed by atoms with Gasteiger partial charge in [0.2, 0.25) is 5.91 Å². The summed E-state index contributed by atoms with van der Waals surface area (Å²) in [5.41, 5.74) is 2.01. The molecule has 1 N–H and O–H groups in total. The molecule has 1 heterocycles. The number of carbonyl (C=O) groups excluding carboxylic acids is 1. The quantitative estimate of drug-likeness (QED) is 0.885. The minimum Gasteiger partial charge on any atom is -0.325 e. The first-order valence-electron chi connectivity index (χ1n) is 6.57. The van der Waals surface area contributed by atoms with Crippen molar-refractivity contribution in [3.8, 4) is 0 Å². The number of aromatic nitrogens is 1. The Hall–Kier alpha value is -1.81. The summed E-state index contributed by atoms with van der Waals surface area (Å²) in [5, 5.41) is 2.91. The third kappa shape index (κ3) is 4.38. The number of anilines is 1. The molecule has 0 saturated carbocycles. The lowest BCUT2D eigenvalue weighted by molar-refractivity contribution is -0.115. The zero-order valence-corrected chi connectivity index (χ0v) is 12.3. The maximum Gasteiger partial charge on any atom is 0.237 e. The predicted molar refractivity (Wildman–Crippen MR) is 84.9 cm³/mol. The van der Waals surface area contributed by atoms with E-state index in [0.717, 1.165) is 18.5 Å². The van der Waals surface area contributed by atoms with Crippen molar-refractivity contribution in [1.29, 1.82) is 0 Å². The molecule has 1 aromatic heterocycles. The zero-order chi connectivity index (χ0) is 14.2. The van der Waals surface area contributed by atoms with Crippen LogP contribution in [0, 0.1) is 0 Å². The van der Waals surface area contributed by atoms with Gasteiger partial charge in [0.25, 0.3) is 0 Å². The van der Waals surface area contributed by atoms with Gasteiger partial charge in [-0.05, 0) is 42.9 Å². The largest absolute Gasteiger partial charge is 0.325 e. The molecule has 1 atom stereocenters. The highest BCUT2D eigenvalue weighted by molar-refractivity contribution is 7.99. The molecule has 1 aromatic carbocycles. The number of hydrogen-bond donors (Lipinski definition) is 1. The maximum absolute atomic E-state index is 12.2. The molecule has 104 valence electrons. The lowest BCUT2D eigenvalue weighted by atomic mass is 10.1. The van der Waals surface area contributed by atoms with Crippen molar-refractivity contribution in [2.24, 2.45) is 0 Å². The molecule has 0 aliphatic carbocycles. The Morgan fingerprint density at radius 2 is 2.05 bits per heavy atom. The molecular weight excluding hydrogens is 268 g/mol. The smallest absolute Gasteiger partial charge is 0.237 e. The van der Waals surface area contributed by atoms with E-state index in [-0.39, 0.29) is 11.2 Å². The summed E-state index contributed by atoms with van der Waals surface area (Å²) in [5.74, 6) is 0.0626. The van der Waals surface area contributed by atoms with E-state index in [1.165, 1.54) is 5.56 Å². The average Bonchev–Trinajstić information content (AvgIpc) is 2.50. The van der Waals surface area contributed by atoms with Crippen LogP contribution in [0.25, 0.3) is 0 Å². The fourth-order valence-electron chi connectivity index (χ4n) is 1.94. The summed E-state index contributed by atoms with van der Waals surface area (Å²) in [7, 11) is 0. The molecule has 20 heavy (non-hydrogen) atoms. The second kappa shape index (κ2) is 7.70. The van der Waals surface area contributed by atoms with Gasteiger partial charge in [-0.3, -0.25) is 9.78 Å². The average molecular weight is 286 g/mol. The number of nitrogens with one attached hydrogen (secondary N) is 1. The highest BCUT2D eigenvalue weighted by Crippen LogP contribution is 2.17. The Kier molecular flexibility index (Phi) is 5.62. The van der Waals surface area contributed by atoms with Crippen molar-refractivity contribution < 1.29 is 4.79 Å². The van der Waals surface area contributed by atoms with Gasteiger partial charge >= 0.3 is 0 Å². The topological polar surface area (TPSA) is 42.0 Å². The standard InChI is InChI=1S/C16H18N2OS/c1-20-15(10-9-13-6-5-11-17-12-13)16(19)18-14-7-3-2-4-8-14/h2-8,11-12,15H,9-10H2,1H3,(H,18,19). The molecule has 0 spiro atoms. The number of para-hydroxylation sites is 1. The molecule has 0 fully saturated rings. The summed E-state index contributed by atoms with van der Waals surface area (Å²) < 4.78 is 0. The fourth-order valence-corrected chi connectivity index (χ4v) is 2.57. The van der Waals surface area contributed by atoms with E-state index in [1.807, 2.05) is 54.9 Å². The Labute approximate surface area is 123 Å². The van der Waals surface area contributed by atoms with Crippen molar-refractivity contribution in [1.82, 2.24) is 4.98 Å². The van der Waals surface area contributed by atoms with E-state index < -0.39 is 0 Å². The summed E-state index contributed by atoms with van der Waals surface area (Å²) >= 11 is 1.58. The van der Waals surface area contributed by atoms with E-state index >= 15 is 0 Å². The Morgan fingerprint density at radius 3 is 2.70 bits per heavy atom. The molecule has 0 saturated heterocycles. The second-order valence-corrected chi connectivity index (χ2v) is 5.52. The molecule has 0 bridgehead atoms. The van der Waals surface area contributed by atoms with Gasteiger partial charge < -0.3 is 5.32 Å². The predicted octanol–water partition coefficient (Wildman–Crippen LogP) is 3.38. The molecule has 0 radical (unpaired) electrons. The number of thioether (sulfide) groups is 1. The molecule has 2 aromatic rings. The van der Waals surface area contributed by atoms with Crippen LogP contribution in [0.15, 0.2) is 54.9 Å².